The molecule has 2 rings (SSSR count). The van der Waals surface area contributed by atoms with Gasteiger partial charge in [-0.2, -0.15) is 0 Å². The molecule has 0 heterocycles. The monoisotopic (exact) mass is 294 g/mol. The van der Waals surface area contributed by atoms with Crippen LogP contribution < -0.4 is 0 Å². The van der Waals surface area contributed by atoms with Crippen LogP contribution in [0.1, 0.15) is 11.1 Å². The summed E-state index contributed by atoms with van der Waals surface area (Å²) in [5.74, 6) is -0.533. The van der Waals surface area contributed by atoms with Crippen LogP contribution >= 0.6 is 0 Å². The molecule has 0 fully saturated rings. The second-order valence-corrected chi connectivity index (χ2v) is 5.00. The zero-order valence-corrected chi connectivity index (χ0v) is 11.6. The van der Waals surface area contributed by atoms with Crippen LogP contribution in [-0.4, -0.2) is 51.1 Å². The van der Waals surface area contributed by atoms with Crippen molar-refractivity contribution in [2.45, 2.75) is 31.8 Å². The topological polar surface area (TPSA) is 107 Å². The number of aromatic hydroxyl groups is 1. The highest BCUT2D eigenvalue weighted by molar-refractivity contribution is 6.00. The summed E-state index contributed by atoms with van der Waals surface area (Å²) >= 11 is 0. The number of rotatable bonds is 4. The van der Waals surface area contributed by atoms with E-state index >= 15 is 0 Å². The van der Waals surface area contributed by atoms with E-state index in [0.29, 0.717) is 5.56 Å². The first-order valence-corrected chi connectivity index (χ1v) is 6.56. The lowest BCUT2D eigenvalue weighted by Crippen LogP contribution is -2.48. The number of aliphatic hydroxyl groups excluding tert-OH is 3. The number of hydrogen-bond acceptors (Lipinski definition) is 6. The van der Waals surface area contributed by atoms with E-state index in [9.17, 15) is 20.1 Å². The van der Waals surface area contributed by atoms with Crippen LogP contribution in [0.2, 0.25) is 0 Å². The average molecular weight is 294 g/mol. The standard InChI is InChI=1S/C15H18O6/c1-8-3-2-4-11(17)10(8)7-21-15-13(19)9(6-16)5-12(18)14(15)20/h2-5,12,14-18,20H,6-7H2,1H3/t12-,14-,15-/m1/s1. The van der Waals surface area contributed by atoms with Crippen LogP contribution in [0.4, 0.5) is 0 Å². The van der Waals surface area contributed by atoms with Gasteiger partial charge >= 0.3 is 0 Å². The third kappa shape index (κ3) is 3.14. The molecule has 1 aliphatic carbocycles. The lowest BCUT2D eigenvalue weighted by atomic mass is 9.91. The molecule has 6 heteroatoms. The van der Waals surface area contributed by atoms with Gasteiger partial charge in [-0.15, -0.1) is 0 Å². The predicted octanol–water partition coefficient (Wildman–Crippen LogP) is -0.191. The third-order valence-electron chi connectivity index (χ3n) is 3.57. The van der Waals surface area contributed by atoms with Crippen molar-refractivity contribution < 1.29 is 30.0 Å². The van der Waals surface area contributed by atoms with Crippen LogP contribution in [0.3, 0.4) is 0 Å². The van der Waals surface area contributed by atoms with Crippen LogP contribution in [-0.2, 0) is 16.1 Å². The summed E-state index contributed by atoms with van der Waals surface area (Å²) in [7, 11) is 0. The Hall–Kier alpha value is -1.73. The second kappa shape index (κ2) is 6.36. The first kappa shape index (κ1) is 15.7. The number of phenols is 1. The van der Waals surface area contributed by atoms with Gasteiger partial charge in [0.1, 0.15) is 24.1 Å². The molecule has 0 aromatic heterocycles. The minimum absolute atomic E-state index is 0.00630. The summed E-state index contributed by atoms with van der Waals surface area (Å²) in [6.07, 6.45) is -2.83. The molecule has 0 bridgehead atoms. The van der Waals surface area contributed by atoms with Gasteiger partial charge in [0, 0.05) is 11.1 Å². The molecule has 0 unspecified atom stereocenters. The average Bonchev–Trinajstić information content (AvgIpc) is 2.45. The molecule has 4 N–H and O–H groups in total. The molecule has 1 aromatic rings. The number of hydrogen-bond donors (Lipinski definition) is 4. The van der Waals surface area contributed by atoms with Crippen molar-refractivity contribution in [1.29, 1.82) is 0 Å². The van der Waals surface area contributed by atoms with E-state index < -0.39 is 30.7 Å². The van der Waals surface area contributed by atoms with Crippen LogP contribution in [0, 0.1) is 6.92 Å². The first-order valence-electron chi connectivity index (χ1n) is 6.56. The maximum absolute atomic E-state index is 12.0. The van der Waals surface area contributed by atoms with Gasteiger partial charge in [0.25, 0.3) is 0 Å². The van der Waals surface area contributed by atoms with Crippen LogP contribution in [0.15, 0.2) is 29.8 Å². The lowest BCUT2D eigenvalue weighted by Gasteiger charge is -2.29. The summed E-state index contributed by atoms with van der Waals surface area (Å²) < 4.78 is 5.39. The van der Waals surface area contributed by atoms with Crippen LogP contribution in [0.5, 0.6) is 5.75 Å². The van der Waals surface area contributed by atoms with Gasteiger partial charge in [-0.25, -0.2) is 0 Å². The number of carbonyl (C=O) groups is 1. The zero-order chi connectivity index (χ0) is 15.6. The Bertz CT molecular complexity index is 545. The smallest absolute Gasteiger partial charge is 0.192 e. The van der Waals surface area contributed by atoms with E-state index in [1.807, 2.05) is 0 Å². The van der Waals surface area contributed by atoms with Crippen LogP contribution in [0.25, 0.3) is 0 Å². The molecule has 1 aromatic carbocycles. The number of ether oxygens (including phenoxy) is 1. The molecule has 6 nitrogen and oxygen atoms in total. The Kier molecular flexibility index (Phi) is 4.74. The molecule has 21 heavy (non-hydrogen) atoms. The van der Waals surface area contributed by atoms with Gasteiger partial charge in [-0.3, -0.25) is 4.79 Å². The number of phenolic OH excluding ortho intramolecular Hbond substituents is 1. The van der Waals surface area contributed by atoms with Crippen molar-refractivity contribution in [2.24, 2.45) is 0 Å². The summed E-state index contributed by atoms with van der Waals surface area (Å²) in [4.78, 5) is 12.0. The fourth-order valence-corrected chi connectivity index (χ4v) is 2.26. The maximum atomic E-state index is 12.0. The highest BCUT2D eigenvalue weighted by Gasteiger charge is 2.38. The molecule has 0 radical (unpaired) electrons. The molecule has 0 spiro atoms. The minimum atomic E-state index is -1.40. The third-order valence-corrected chi connectivity index (χ3v) is 3.57. The van der Waals surface area contributed by atoms with E-state index in [-0.39, 0.29) is 17.9 Å². The fraction of sp³-hybridized carbons (Fsp3) is 0.400. The van der Waals surface area contributed by atoms with E-state index in [2.05, 4.69) is 0 Å². The van der Waals surface area contributed by atoms with Gasteiger partial charge in [0.05, 0.1) is 13.2 Å². The Balaban J connectivity index is 2.16. The largest absolute Gasteiger partial charge is 0.508 e. The van der Waals surface area contributed by atoms with Gasteiger partial charge < -0.3 is 25.2 Å². The van der Waals surface area contributed by atoms with Crippen molar-refractivity contribution in [3.63, 3.8) is 0 Å². The minimum Gasteiger partial charge on any atom is -0.508 e. The van der Waals surface area contributed by atoms with Gasteiger partial charge in [-0.05, 0) is 24.6 Å². The summed E-state index contributed by atoms with van der Waals surface area (Å²) in [5.41, 5.74) is 1.30. The van der Waals surface area contributed by atoms with E-state index in [1.165, 1.54) is 6.07 Å². The Morgan fingerprint density at radius 1 is 1.29 bits per heavy atom. The van der Waals surface area contributed by atoms with E-state index in [1.54, 1.807) is 19.1 Å². The number of Topliss-reactive ketones (excluding diaryl/α,β-unsaturated/α-hetero) is 1. The summed E-state index contributed by atoms with van der Waals surface area (Å²) in [5, 5.41) is 38.4. The van der Waals surface area contributed by atoms with Crippen molar-refractivity contribution in [3.05, 3.63) is 41.0 Å². The van der Waals surface area contributed by atoms with Gasteiger partial charge in [0.15, 0.2) is 5.78 Å². The highest BCUT2D eigenvalue weighted by atomic mass is 16.5. The van der Waals surface area contributed by atoms with Crippen molar-refractivity contribution in [1.82, 2.24) is 0 Å². The fourth-order valence-electron chi connectivity index (χ4n) is 2.26. The van der Waals surface area contributed by atoms with E-state index in [0.717, 1.165) is 11.6 Å². The van der Waals surface area contributed by atoms with Gasteiger partial charge in [0.2, 0.25) is 0 Å². The second-order valence-electron chi connectivity index (χ2n) is 5.00. The Morgan fingerprint density at radius 2 is 2.00 bits per heavy atom. The lowest BCUT2D eigenvalue weighted by molar-refractivity contribution is -0.144. The zero-order valence-electron chi connectivity index (χ0n) is 11.6. The number of ketones is 1. The molecule has 0 amide bonds. The maximum Gasteiger partial charge on any atom is 0.192 e. The molecule has 0 aliphatic heterocycles. The first-order chi connectivity index (χ1) is 9.95. The molecule has 0 saturated carbocycles. The van der Waals surface area contributed by atoms with Gasteiger partial charge in [-0.1, -0.05) is 12.1 Å². The molecule has 3 atom stereocenters. The summed E-state index contributed by atoms with van der Waals surface area (Å²) in [6.45, 7) is 1.17. The number of aryl methyl sites for hydroxylation is 1. The quantitative estimate of drug-likeness (QED) is 0.613. The SMILES string of the molecule is Cc1cccc(O)c1CO[C@@H]1C(=O)C(CO)=C[C@@H](O)[C@H]1O. The molecule has 0 saturated heterocycles. The number of aliphatic hydroxyl groups is 3. The highest BCUT2D eigenvalue weighted by Crippen LogP contribution is 2.25. The van der Waals surface area contributed by atoms with E-state index in [4.69, 9.17) is 9.84 Å². The molecule has 1 aliphatic rings. The molecular weight excluding hydrogens is 276 g/mol. The van der Waals surface area contributed by atoms with Crippen molar-refractivity contribution in [2.75, 3.05) is 6.61 Å². The Morgan fingerprint density at radius 3 is 2.62 bits per heavy atom. The predicted molar refractivity (Wildman–Crippen MR) is 73.6 cm³/mol. The number of carbonyl (C=O) groups excluding carboxylic acids is 1. The van der Waals surface area contributed by atoms with Crippen molar-refractivity contribution in [3.8, 4) is 5.75 Å². The number of benzene rings is 1. The molecule has 114 valence electrons. The molecular formula is C15H18O6. The van der Waals surface area contributed by atoms with Crippen molar-refractivity contribution >= 4 is 5.78 Å². The Labute approximate surface area is 121 Å². The summed E-state index contributed by atoms with van der Waals surface area (Å²) in [6, 6.07) is 4.97. The normalized spacial score (nSPS) is 25.8.